The van der Waals surface area contributed by atoms with Gasteiger partial charge in [-0.05, 0) is 18.9 Å². The van der Waals surface area contributed by atoms with Crippen LogP contribution >= 0.6 is 0 Å². The van der Waals surface area contributed by atoms with Gasteiger partial charge in [-0.15, -0.1) is 0 Å². The van der Waals surface area contributed by atoms with E-state index >= 15 is 0 Å². The molecule has 1 aromatic rings. The zero-order chi connectivity index (χ0) is 22.7. The number of carboxylic acids is 2. The zero-order valence-corrected chi connectivity index (χ0v) is 16.5. The van der Waals surface area contributed by atoms with Crippen LogP contribution < -0.4 is 21.7 Å². The SMILES string of the molecule is CC(NC(=O)CNC(=O)C(Cc1ccccc1)NC(=O)C(N)CCC(=O)O)C(=O)O. The van der Waals surface area contributed by atoms with Crippen molar-refractivity contribution in [3.63, 3.8) is 0 Å². The molecule has 0 aliphatic rings. The van der Waals surface area contributed by atoms with Crippen LogP contribution in [0.4, 0.5) is 0 Å². The van der Waals surface area contributed by atoms with Gasteiger partial charge in [0.1, 0.15) is 12.1 Å². The van der Waals surface area contributed by atoms with Gasteiger partial charge in [-0.25, -0.2) is 0 Å². The van der Waals surface area contributed by atoms with Crippen LogP contribution in [0.1, 0.15) is 25.3 Å². The number of carboxylic acid groups (broad SMARTS) is 2. The average Bonchev–Trinajstić information content (AvgIpc) is 2.70. The second kappa shape index (κ2) is 12.2. The van der Waals surface area contributed by atoms with Crippen LogP contribution in [0.3, 0.4) is 0 Å². The normalized spacial score (nSPS) is 13.4. The van der Waals surface area contributed by atoms with Gasteiger partial charge >= 0.3 is 11.9 Å². The van der Waals surface area contributed by atoms with Gasteiger partial charge in [0.2, 0.25) is 17.7 Å². The molecule has 1 aromatic carbocycles. The highest BCUT2D eigenvalue weighted by Crippen LogP contribution is 2.05. The molecule has 0 fully saturated rings. The van der Waals surface area contributed by atoms with Crippen molar-refractivity contribution in [1.29, 1.82) is 0 Å². The number of hydrogen-bond donors (Lipinski definition) is 6. The molecule has 0 radical (unpaired) electrons. The molecular weight excluding hydrogens is 396 g/mol. The Bertz CT molecular complexity index is 769. The summed E-state index contributed by atoms with van der Waals surface area (Å²) >= 11 is 0. The Kier molecular flexibility index (Phi) is 9.97. The molecule has 3 atom stereocenters. The first kappa shape index (κ1) is 24.6. The molecule has 0 aliphatic carbocycles. The molecule has 11 heteroatoms. The van der Waals surface area contributed by atoms with Crippen LogP contribution in [0, 0.1) is 0 Å². The van der Waals surface area contributed by atoms with E-state index in [0.29, 0.717) is 0 Å². The third kappa shape index (κ3) is 9.15. The van der Waals surface area contributed by atoms with E-state index in [2.05, 4.69) is 16.0 Å². The van der Waals surface area contributed by atoms with E-state index < -0.39 is 54.3 Å². The third-order valence-corrected chi connectivity index (χ3v) is 4.09. The predicted octanol–water partition coefficient (Wildman–Crippen LogP) is -1.39. The van der Waals surface area contributed by atoms with Crippen LogP contribution in [-0.2, 0) is 30.4 Å². The average molecular weight is 422 g/mol. The Morgan fingerprint density at radius 3 is 2.20 bits per heavy atom. The second-order valence-electron chi connectivity index (χ2n) is 6.64. The van der Waals surface area contributed by atoms with Crippen molar-refractivity contribution in [3.05, 3.63) is 35.9 Å². The monoisotopic (exact) mass is 422 g/mol. The van der Waals surface area contributed by atoms with E-state index in [1.165, 1.54) is 6.92 Å². The van der Waals surface area contributed by atoms with E-state index in [9.17, 15) is 24.0 Å². The van der Waals surface area contributed by atoms with E-state index in [1.54, 1.807) is 30.3 Å². The first-order valence-electron chi connectivity index (χ1n) is 9.21. The number of carbonyl (C=O) groups is 5. The topological polar surface area (TPSA) is 188 Å². The molecule has 0 aromatic heterocycles. The summed E-state index contributed by atoms with van der Waals surface area (Å²) in [5.41, 5.74) is 6.42. The van der Waals surface area contributed by atoms with E-state index in [4.69, 9.17) is 15.9 Å². The molecule has 0 bridgehead atoms. The highest BCUT2D eigenvalue weighted by atomic mass is 16.4. The number of hydrogen-bond acceptors (Lipinski definition) is 6. The lowest BCUT2D eigenvalue weighted by molar-refractivity contribution is -0.141. The first-order valence-corrected chi connectivity index (χ1v) is 9.21. The Morgan fingerprint density at radius 2 is 1.63 bits per heavy atom. The molecular formula is C19H26N4O7. The molecule has 3 unspecified atom stereocenters. The lowest BCUT2D eigenvalue weighted by Gasteiger charge is -2.21. The Morgan fingerprint density at radius 1 is 1.00 bits per heavy atom. The molecule has 1 rings (SSSR count). The summed E-state index contributed by atoms with van der Waals surface area (Å²) in [5.74, 6) is -4.40. The summed E-state index contributed by atoms with van der Waals surface area (Å²) in [7, 11) is 0. The second-order valence-corrected chi connectivity index (χ2v) is 6.64. The van der Waals surface area contributed by atoms with Crippen LogP contribution in [0.5, 0.6) is 0 Å². The van der Waals surface area contributed by atoms with Crippen LogP contribution in [0.15, 0.2) is 30.3 Å². The van der Waals surface area contributed by atoms with E-state index in [0.717, 1.165) is 5.56 Å². The Balaban J connectivity index is 2.75. The molecule has 3 amide bonds. The van der Waals surface area contributed by atoms with Gasteiger partial charge in [0, 0.05) is 12.8 Å². The number of nitrogens with two attached hydrogens (primary N) is 1. The van der Waals surface area contributed by atoms with Gasteiger partial charge in [-0.2, -0.15) is 0 Å². The highest BCUT2D eigenvalue weighted by Gasteiger charge is 2.25. The zero-order valence-electron chi connectivity index (χ0n) is 16.5. The fraction of sp³-hybridized carbons (Fsp3) is 0.421. The number of amides is 3. The van der Waals surface area contributed by atoms with Gasteiger partial charge in [0.25, 0.3) is 0 Å². The maximum Gasteiger partial charge on any atom is 0.325 e. The van der Waals surface area contributed by atoms with Gasteiger partial charge < -0.3 is 31.9 Å². The summed E-state index contributed by atoms with van der Waals surface area (Å²) in [6.07, 6.45) is -0.292. The van der Waals surface area contributed by atoms with E-state index in [-0.39, 0.29) is 19.3 Å². The minimum absolute atomic E-state index is 0.101. The van der Waals surface area contributed by atoms with Crippen molar-refractivity contribution in [3.8, 4) is 0 Å². The molecule has 0 saturated carbocycles. The molecule has 0 heterocycles. The lowest BCUT2D eigenvalue weighted by Crippen LogP contribution is -2.54. The molecule has 11 nitrogen and oxygen atoms in total. The summed E-state index contributed by atoms with van der Waals surface area (Å²) in [6.45, 7) is 0.793. The van der Waals surface area contributed by atoms with Crippen LogP contribution in [0.25, 0.3) is 0 Å². The highest BCUT2D eigenvalue weighted by molar-refractivity contribution is 5.92. The fourth-order valence-electron chi connectivity index (χ4n) is 2.39. The minimum atomic E-state index is -1.22. The minimum Gasteiger partial charge on any atom is -0.481 e. The first-order chi connectivity index (χ1) is 14.1. The quantitative estimate of drug-likeness (QED) is 0.237. The number of carbonyl (C=O) groups excluding carboxylic acids is 3. The fourth-order valence-corrected chi connectivity index (χ4v) is 2.39. The molecule has 0 saturated heterocycles. The summed E-state index contributed by atoms with van der Waals surface area (Å²) in [6, 6.07) is 5.48. The number of aliphatic carboxylic acids is 2. The molecule has 30 heavy (non-hydrogen) atoms. The van der Waals surface area contributed by atoms with Crippen molar-refractivity contribution in [2.75, 3.05) is 6.54 Å². The molecule has 0 aliphatic heterocycles. The standard InChI is InChI=1S/C19H26N4O7/c1-11(19(29)30)22-15(24)10-21-18(28)14(9-12-5-3-2-4-6-12)23-17(27)13(20)7-8-16(25)26/h2-6,11,13-14H,7-10,20H2,1H3,(H,21,28)(H,22,24)(H,23,27)(H,25,26)(H,29,30). The molecule has 164 valence electrons. The van der Waals surface area contributed by atoms with Crippen LogP contribution in [-0.4, -0.2) is 64.5 Å². The van der Waals surface area contributed by atoms with Crippen molar-refractivity contribution in [2.24, 2.45) is 5.73 Å². The maximum absolute atomic E-state index is 12.5. The van der Waals surface area contributed by atoms with Crippen molar-refractivity contribution < 1.29 is 34.2 Å². The van der Waals surface area contributed by atoms with Gasteiger partial charge in [0.15, 0.2) is 0 Å². The van der Waals surface area contributed by atoms with Crippen molar-refractivity contribution >= 4 is 29.7 Å². The lowest BCUT2D eigenvalue weighted by atomic mass is 10.0. The van der Waals surface area contributed by atoms with Gasteiger partial charge in [-0.3, -0.25) is 24.0 Å². The summed E-state index contributed by atoms with van der Waals surface area (Å²) in [5, 5.41) is 24.5. The third-order valence-electron chi connectivity index (χ3n) is 4.09. The van der Waals surface area contributed by atoms with Crippen molar-refractivity contribution in [1.82, 2.24) is 16.0 Å². The Hall–Kier alpha value is -3.47. The Labute approximate surface area is 173 Å². The predicted molar refractivity (Wildman–Crippen MR) is 105 cm³/mol. The molecule has 7 N–H and O–H groups in total. The van der Waals surface area contributed by atoms with Gasteiger partial charge in [-0.1, -0.05) is 30.3 Å². The number of rotatable bonds is 12. The largest absolute Gasteiger partial charge is 0.481 e. The van der Waals surface area contributed by atoms with Gasteiger partial charge in [0.05, 0.1) is 12.6 Å². The number of nitrogens with one attached hydrogen (secondary N) is 3. The molecule has 0 spiro atoms. The maximum atomic E-state index is 12.5. The smallest absolute Gasteiger partial charge is 0.325 e. The van der Waals surface area contributed by atoms with Crippen molar-refractivity contribution in [2.45, 2.75) is 44.3 Å². The summed E-state index contributed by atoms with van der Waals surface area (Å²) in [4.78, 5) is 58.0. The van der Waals surface area contributed by atoms with Crippen LogP contribution in [0.2, 0.25) is 0 Å². The van der Waals surface area contributed by atoms with E-state index in [1.807, 2.05) is 0 Å². The number of benzene rings is 1. The summed E-state index contributed by atoms with van der Waals surface area (Å²) < 4.78 is 0.